The van der Waals surface area contributed by atoms with E-state index in [9.17, 15) is 18.0 Å². The molecule has 0 aromatic heterocycles. The van der Waals surface area contributed by atoms with E-state index in [1.165, 1.54) is 17.9 Å². The van der Waals surface area contributed by atoms with Crippen molar-refractivity contribution >= 4 is 50.7 Å². The molecule has 0 unspecified atom stereocenters. The summed E-state index contributed by atoms with van der Waals surface area (Å²) in [5, 5.41) is 3.56. The number of nitrogens with zero attached hydrogens (tertiary/aromatic N) is 2. The van der Waals surface area contributed by atoms with Crippen molar-refractivity contribution in [3.8, 4) is 11.5 Å². The number of anilines is 1. The van der Waals surface area contributed by atoms with Gasteiger partial charge in [-0.15, -0.1) is 0 Å². The Morgan fingerprint density at radius 2 is 1.76 bits per heavy atom. The number of benzene rings is 2. The monoisotopic (exact) mass is 585 g/mol. The summed E-state index contributed by atoms with van der Waals surface area (Å²) < 4.78 is 38.0. The van der Waals surface area contributed by atoms with Crippen LogP contribution in [0.1, 0.15) is 45.6 Å². The van der Waals surface area contributed by atoms with Gasteiger partial charge in [0.05, 0.1) is 21.5 Å². The van der Waals surface area contributed by atoms with Gasteiger partial charge < -0.3 is 19.7 Å². The summed E-state index contributed by atoms with van der Waals surface area (Å²) in [5.74, 6) is -0.188. The van der Waals surface area contributed by atoms with Gasteiger partial charge in [-0.1, -0.05) is 49.5 Å². The second-order valence-corrected chi connectivity index (χ2v) is 11.8. The van der Waals surface area contributed by atoms with Gasteiger partial charge in [-0.05, 0) is 49.6 Å². The predicted octanol–water partition coefficient (Wildman–Crippen LogP) is 4.60. The van der Waals surface area contributed by atoms with Crippen molar-refractivity contribution in [1.29, 1.82) is 0 Å². The Hall–Kier alpha value is -2.69. The van der Waals surface area contributed by atoms with E-state index in [4.69, 9.17) is 32.7 Å². The van der Waals surface area contributed by atoms with Crippen molar-refractivity contribution < 1.29 is 27.5 Å². The van der Waals surface area contributed by atoms with Crippen LogP contribution in [0.25, 0.3) is 0 Å². The van der Waals surface area contributed by atoms with E-state index in [0.717, 1.165) is 17.1 Å². The molecule has 0 fully saturated rings. The first kappa shape index (κ1) is 29.9. The zero-order valence-corrected chi connectivity index (χ0v) is 24.0. The molecular formula is C26H33Cl2N3O6S. The Bertz CT molecular complexity index is 1260. The van der Waals surface area contributed by atoms with Crippen LogP contribution in [0.15, 0.2) is 36.4 Å². The van der Waals surface area contributed by atoms with Gasteiger partial charge in [0, 0.05) is 19.2 Å². The average molecular weight is 587 g/mol. The van der Waals surface area contributed by atoms with Gasteiger partial charge in [0.15, 0.2) is 11.5 Å². The number of sulfonamides is 1. The number of carbonyl (C=O) groups excluding carboxylic acids is 2. The van der Waals surface area contributed by atoms with Crippen LogP contribution in [0.3, 0.4) is 0 Å². The first-order valence-electron chi connectivity index (χ1n) is 12.5. The summed E-state index contributed by atoms with van der Waals surface area (Å²) in [4.78, 5) is 28.4. The fourth-order valence-electron chi connectivity index (χ4n) is 4.02. The predicted molar refractivity (Wildman–Crippen MR) is 148 cm³/mol. The zero-order valence-electron chi connectivity index (χ0n) is 21.7. The van der Waals surface area contributed by atoms with Gasteiger partial charge in [0.25, 0.3) is 0 Å². The molecule has 1 heterocycles. The summed E-state index contributed by atoms with van der Waals surface area (Å²) in [6.07, 6.45) is 2.04. The number of carbonyl (C=O) groups is 2. The van der Waals surface area contributed by atoms with Gasteiger partial charge in [0.2, 0.25) is 28.6 Å². The van der Waals surface area contributed by atoms with Crippen LogP contribution in [0.4, 0.5) is 5.69 Å². The molecule has 0 saturated carbocycles. The minimum Gasteiger partial charge on any atom is -0.454 e. The molecular weight excluding hydrogens is 553 g/mol. The molecule has 0 saturated heterocycles. The maximum Gasteiger partial charge on any atom is 0.244 e. The van der Waals surface area contributed by atoms with Crippen LogP contribution in [0.5, 0.6) is 11.5 Å². The van der Waals surface area contributed by atoms with Crippen molar-refractivity contribution in [1.82, 2.24) is 10.2 Å². The van der Waals surface area contributed by atoms with Crippen LogP contribution in [0, 0.1) is 0 Å². The van der Waals surface area contributed by atoms with Crippen molar-refractivity contribution in [2.45, 2.75) is 52.6 Å². The Morgan fingerprint density at radius 1 is 1.03 bits per heavy atom. The molecule has 1 N–H and O–H groups in total. The van der Waals surface area contributed by atoms with E-state index in [0.29, 0.717) is 40.1 Å². The van der Waals surface area contributed by atoms with Crippen LogP contribution in [-0.4, -0.2) is 56.8 Å². The lowest BCUT2D eigenvalue weighted by atomic mass is 10.1. The number of nitrogens with one attached hydrogen (secondary N) is 1. The van der Waals surface area contributed by atoms with Crippen LogP contribution < -0.4 is 19.1 Å². The molecule has 1 aliphatic rings. The Morgan fingerprint density at radius 3 is 2.42 bits per heavy atom. The lowest BCUT2D eigenvalue weighted by molar-refractivity contribution is -0.140. The fourth-order valence-corrected chi connectivity index (χ4v) is 5.39. The van der Waals surface area contributed by atoms with E-state index in [2.05, 4.69) is 5.32 Å². The second-order valence-electron chi connectivity index (χ2n) is 8.78. The number of hydrogen-bond acceptors (Lipinski definition) is 6. The Balaban J connectivity index is 1.96. The van der Waals surface area contributed by atoms with Crippen LogP contribution in [-0.2, 0) is 26.2 Å². The summed E-state index contributed by atoms with van der Waals surface area (Å²) >= 11 is 12.3. The highest BCUT2D eigenvalue weighted by atomic mass is 35.5. The highest BCUT2D eigenvalue weighted by molar-refractivity contribution is 7.92. The first-order chi connectivity index (χ1) is 18.1. The maximum atomic E-state index is 13.8. The van der Waals surface area contributed by atoms with Gasteiger partial charge in [-0.2, -0.15) is 0 Å². The van der Waals surface area contributed by atoms with Crippen LogP contribution in [0.2, 0.25) is 10.0 Å². The highest BCUT2D eigenvalue weighted by Gasteiger charge is 2.33. The molecule has 1 atom stereocenters. The molecule has 0 spiro atoms. The molecule has 2 amide bonds. The minimum atomic E-state index is -3.86. The molecule has 208 valence electrons. The summed E-state index contributed by atoms with van der Waals surface area (Å²) in [6, 6.07) is 8.83. The summed E-state index contributed by atoms with van der Waals surface area (Å²) in [5.41, 5.74) is 0.917. The Labute approximate surface area is 234 Å². The average Bonchev–Trinajstić information content (AvgIpc) is 3.37. The summed E-state index contributed by atoms with van der Waals surface area (Å²) in [6.45, 7) is 5.37. The smallest absolute Gasteiger partial charge is 0.244 e. The van der Waals surface area contributed by atoms with Crippen molar-refractivity contribution in [3.63, 3.8) is 0 Å². The number of amides is 2. The molecule has 2 aromatic carbocycles. The maximum absolute atomic E-state index is 13.8. The number of halogens is 2. The number of ether oxygens (including phenoxy) is 2. The quantitative estimate of drug-likeness (QED) is 0.344. The van der Waals surface area contributed by atoms with E-state index >= 15 is 0 Å². The van der Waals surface area contributed by atoms with E-state index in [-0.39, 0.29) is 30.7 Å². The standard InChI is InChI=1S/C26H33Cl2N3O6S/c1-4-7-12-29-26(33)22(5-2)30(15-18-8-10-20(27)21(28)13-18)25(32)16-31(38(34,35)6-3)19-9-11-23-24(14-19)37-17-36-23/h8-11,13-14,22H,4-7,12,15-17H2,1-3H3,(H,29,33)/t22-/m0/s1. The third kappa shape index (κ3) is 7.24. The minimum absolute atomic E-state index is 0.0288. The topological polar surface area (TPSA) is 105 Å². The van der Waals surface area contributed by atoms with Crippen molar-refractivity contribution in [3.05, 3.63) is 52.0 Å². The molecule has 2 aromatic rings. The Kier molecular flexibility index (Phi) is 10.5. The molecule has 0 bridgehead atoms. The van der Waals surface area contributed by atoms with E-state index < -0.39 is 28.5 Å². The molecule has 0 radical (unpaired) electrons. The van der Waals surface area contributed by atoms with Gasteiger partial charge >= 0.3 is 0 Å². The van der Waals surface area contributed by atoms with Crippen molar-refractivity contribution in [2.75, 3.05) is 29.9 Å². The lowest BCUT2D eigenvalue weighted by Gasteiger charge is -2.33. The normalized spacial score (nSPS) is 13.2. The number of fused-ring (bicyclic) bond motifs is 1. The largest absolute Gasteiger partial charge is 0.454 e. The SMILES string of the molecule is CCCCNC(=O)[C@H](CC)N(Cc1ccc(Cl)c(Cl)c1)C(=O)CN(c1ccc2c(c1)OCO2)S(=O)(=O)CC. The van der Waals surface area contributed by atoms with E-state index in [1.807, 2.05) is 6.92 Å². The third-order valence-electron chi connectivity index (χ3n) is 6.18. The van der Waals surface area contributed by atoms with E-state index in [1.54, 1.807) is 37.3 Å². The zero-order chi connectivity index (χ0) is 27.9. The molecule has 1 aliphatic heterocycles. The van der Waals surface area contributed by atoms with Gasteiger partial charge in [-0.3, -0.25) is 13.9 Å². The summed E-state index contributed by atoms with van der Waals surface area (Å²) in [7, 11) is -3.86. The molecule has 3 rings (SSSR count). The molecule has 38 heavy (non-hydrogen) atoms. The fraction of sp³-hybridized carbons (Fsp3) is 0.462. The number of rotatable bonds is 13. The molecule has 9 nitrogen and oxygen atoms in total. The number of hydrogen-bond donors (Lipinski definition) is 1. The molecule has 12 heteroatoms. The van der Waals surface area contributed by atoms with Gasteiger partial charge in [0.1, 0.15) is 12.6 Å². The van der Waals surface area contributed by atoms with Gasteiger partial charge in [-0.25, -0.2) is 8.42 Å². The highest BCUT2D eigenvalue weighted by Crippen LogP contribution is 2.36. The second kappa shape index (κ2) is 13.4. The first-order valence-corrected chi connectivity index (χ1v) is 14.9. The number of unbranched alkanes of at least 4 members (excludes halogenated alkanes) is 1. The third-order valence-corrected chi connectivity index (χ3v) is 8.66. The lowest BCUT2D eigenvalue weighted by Crippen LogP contribution is -2.52. The van der Waals surface area contributed by atoms with Crippen molar-refractivity contribution in [2.24, 2.45) is 0 Å². The molecule has 0 aliphatic carbocycles. The van der Waals surface area contributed by atoms with Crippen LogP contribution >= 0.6 is 23.2 Å².